The zero-order valence-corrected chi connectivity index (χ0v) is 52.0. The Bertz CT molecular complexity index is 3290. The Morgan fingerprint density at radius 2 is 1.11 bits per heavy atom. The van der Waals surface area contributed by atoms with Gasteiger partial charge in [0, 0.05) is 80.4 Å². The van der Waals surface area contributed by atoms with Crippen molar-refractivity contribution in [1.82, 2.24) is 47.5 Å². The molecule has 1 aliphatic rings. The number of fused-ring (bicyclic) bond motifs is 1. The number of aromatic amines is 1. The molecule has 89 heavy (non-hydrogen) atoms. The predicted molar refractivity (Wildman–Crippen MR) is 349 cm³/mol. The van der Waals surface area contributed by atoms with Crippen LogP contribution >= 0.6 is 11.8 Å². The standard InChI is InChI=1S/C70H85N9O9S/c1-47(80)63-67(86)79-61(41-48-21-9-5-10-22-48)66(85)77-59(36-37-62(82)71-39-40-89-70(51-23-11-6-12-24-51,52-25-13-7-14-26-52)53-27-15-8-16-28-53)64(83)78-60(42-49-32-34-56(81)35-33-49)65(84)76-55(43-50-44-74-58-31-18-17-30-57(50)58)46-73-54(45-75-63)29-19-20-38-72-68(87)88-69(2,3)4/h5-18,21-28,30-35,44,47,54-55,59-61,63,73-75,80-81H,19-20,29,36-43,45-46H2,1-4H3,(H,71,82)(H,72,87)(H,76,84)(H,77,85)(H,78,83)(H,79,86)/t47-,54+,55-,59+,60+,61+,63+/m1/s1. The second kappa shape index (κ2) is 32.7. The maximum absolute atomic E-state index is 15.1. The van der Waals surface area contributed by atoms with E-state index < -0.39 is 76.4 Å². The summed E-state index contributed by atoms with van der Waals surface area (Å²) in [7, 11) is 0. The molecule has 6 aromatic carbocycles. The molecular formula is C70H85N9O9S. The molecule has 18 nitrogen and oxygen atoms in total. The first kappa shape index (κ1) is 66.5. The van der Waals surface area contributed by atoms with Crippen molar-refractivity contribution in [3.05, 3.63) is 209 Å². The first-order valence-corrected chi connectivity index (χ1v) is 31.7. The van der Waals surface area contributed by atoms with Crippen molar-refractivity contribution in [2.45, 2.75) is 132 Å². The zero-order valence-electron chi connectivity index (χ0n) is 51.1. The fourth-order valence-corrected chi connectivity index (χ4v) is 12.6. The van der Waals surface area contributed by atoms with Crippen molar-refractivity contribution in [3.8, 4) is 5.75 Å². The number of phenolic OH excluding ortho intramolecular Hbond substituents is 1. The highest BCUT2D eigenvalue weighted by molar-refractivity contribution is 8.00. The van der Waals surface area contributed by atoms with Crippen LogP contribution in [0.15, 0.2) is 176 Å². The van der Waals surface area contributed by atoms with Gasteiger partial charge in [-0.05, 0) is 105 Å². The van der Waals surface area contributed by atoms with Crippen LogP contribution in [0.2, 0.25) is 0 Å². The van der Waals surface area contributed by atoms with Crippen molar-refractivity contribution in [2.24, 2.45) is 0 Å². The summed E-state index contributed by atoms with van der Waals surface area (Å²) in [5.74, 6) is -2.54. The smallest absolute Gasteiger partial charge is 0.407 e. The number of thioether (sulfide) groups is 1. The molecule has 8 rings (SSSR count). The van der Waals surface area contributed by atoms with Crippen LogP contribution in [0, 0.1) is 0 Å². The number of phenols is 1. The van der Waals surface area contributed by atoms with Crippen LogP contribution < -0.4 is 42.5 Å². The Morgan fingerprint density at radius 3 is 1.72 bits per heavy atom. The number of hydrogen-bond acceptors (Lipinski definition) is 12. The number of unbranched alkanes of at least 4 members (excludes halogenated alkanes) is 1. The Kier molecular flexibility index (Phi) is 24.4. The number of H-pyrrole nitrogens is 1. The molecule has 6 amide bonds. The fraction of sp³-hybridized carbons (Fsp3) is 0.371. The summed E-state index contributed by atoms with van der Waals surface area (Å²) in [5, 5.41) is 47.3. The topological polar surface area (TPSA) is 264 Å². The number of aromatic nitrogens is 1. The lowest BCUT2D eigenvalue weighted by molar-refractivity contribution is -0.135. The fourth-order valence-electron chi connectivity index (χ4n) is 11.1. The lowest BCUT2D eigenvalue weighted by atomic mass is 9.84. The van der Waals surface area contributed by atoms with Gasteiger partial charge in [0.05, 0.1) is 10.9 Å². The van der Waals surface area contributed by atoms with Gasteiger partial charge in [-0.1, -0.05) is 158 Å². The van der Waals surface area contributed by atoms with Crippen molar-refractivity contribution in [1.29, 1.82) is 0 Å². The van der Waals surface area contributed by atoms with Crippen LogP contribution in [0.4, 0.5) is 4.79 Å². The van der Waals surface area contributed by atoms with E-state index in [1.165, 1.54) is 19.1 Å². The molecule has 470 valence electrons. The van der Waals surface area contributed by atoms with Crippen molar-refractivity contribution in [2.75, 3.05) is 31.9 Å². The summed E-state index contributed by atoms with van der Waals surface area (Å²) in [6.45, 7) is 7.86. The van der Waals surface area contributed by atoms with Crippen LogP contribution in [0.3, 0.4) is 0 Å². The lowest BCUT2D eigenvalue weighted by Crippen LogP contribution is -2.61. The summed E-state index contributed by atoms with van der Waals surface area (Å²) in [6.07, 6.45) is 1.83. The highest BCUT2D eigenvalue weighted by Gasteiger charge is 2.38. The molecule has 11 N–H and O–H groups in total. The maximum atomic E-state index is 15.1. The third-order valence-electron chi connectivity index (χ3n) is 15.6. The minimum atomic E-state index is -1.40. The minimum absolute atomic E-state index is 0.000910. The summed E-state index contributed by atoms with van der Waals surface area (Å²) < 4.78 is 4.80. The number of para-hydroxylation sites is 1. The number of rotatable bonds is 22. The number of alkyl carbamates (subject to hydrolysis) is 1. The molecule has 0 spiro atoms. The average molecular weight is 1230 g/mol. The largest absolute Gasteiger partial charge is 0.508 e. The number of aliphatic hydroxyl groups excluding tert-OH is 1. The van der Waals surface area contributed by atoms with E-state index in [4.69, 9.17) is 4.74 Å². The van der Waals surface area contributed by atoms with Crippen LogP contribution in [-0.4, -0.2) is 131 Å². The highest BCUT2D eigenvalue weighted by atomic mass is 32.2. The number of amides is 6. The van der Waals surface area contributed by atoms with E-state index >= 15 is 9.59 Å². The first-order valence-electron chi connectivity index (χ1n) is 30.7. The van der Waals surface area contributed by atoms with E-state index in [1.54, 1.807) is 56.8 Å². The van der Waals surface area contributed by atoms with Crippen LogP contribution in [0.25, 0.3) is 10.9 Å². The van der Waals surface area contributed by atoms with E-state index in [0.717, 1.165) is 33.2 Å². The van der Waals surface area contributed by atoms with Gasteiger partial charge in [0.15, 0.2) is 0 Å². The van der Waals surface area contributed by atoms with Crippen LogP contribution in [-0.2, 0) is 52.7 Å². The molecule has 7 aromatic rings. The average Bonchev–Trinajstić information content (AvgIpc) is 1.37. The van der Waals surface area contributed by atoms with Gasteiger partial charge in [-0.25, -0.2) is 4.79 Å². The number of carbonyl (C=O) groups excluding carboxylic acids is 6. The van der Waals surface area contributed by atoms with Crippen molar-refractivity contribution >= 4 is 58.3 Å². The van der Waals surface area contributed by atoms with Gasteiger partial charge >= 0.3 is 6.09 Å². The highest BCUT2D eigenvalue weighted by Crippen LogP contribution is 2.48. The van der Waals surface area contributed by atoms with Gasteiger partial charge in [-0.2, -0.15) is 0 Å². The summed E-state index contributed by atoms with van der Waals surface area (Å²) >= 11 is 1.69. The second-order valence-electron chi connectivity index (χ2n) is 23.7. The monoisotopic (exact) mass is 1230 g/mol. The van der Waals surface area contributed by atoms with E-state index in [-0.39, 0.29) is 63.0 Å². The van der Waals surface area contributed by atoms with Crippen molar-refractivity contribution < 1.29 is 43.7 Å². The van der Waals surface area contributed by atoms with E-state index in [0.29, 0.717) is 49.1 Å². The first-order chi connectivity index (χ1) is 42.9. The second-order valence-corrected chi connectivity index (χ2v) is 25.0. The number of carbonyl (C=O) groups is 6. The molecule has 1 fully saturated rings. The molecule has 0 bridgehead atoms. The number of benzene rings is 6. The molecule has 1 saturated heterocycles. The molecule has 2 heterocycles. The molecule has 0 unspecified atom stereocenters. The SMILES string of the molecule is C[C@@H](O)[C@@H]1NC[C@H](CCCCNC(=O)OC(C)(C)C)NC[C@@H](Cc2c[nH]c3ccccc23)NC(=O)[C@H](Cc2ccc(O)cc2)NC(=O)[C@H](CCC(=O)NCCSC(c2ccccc2)(c2ccccc2)c2ccccc2)NC(=O)[C@H](Cc2ccccc2)NC1=O. The summed E-state index contributed by atoms with van der Waals surface area (Å²) in [4.78, 5) is 89.7. The van der Waals surface area contributed by atoms with E-state index in [1.807, 2.05) is 103 Å². The van der Waals surface area contributed by atoms with Gasteiger partial charge < -0.3 is 62.5 Å². The Labute approximate surface area is 525 Å². The Morgan fingerprint density at radius 1 is 0.584 bits per heavy atom. The number of ether oxygens (including phenoxy) is 1. The molecule has 1 aromatic heterocycles. The number of hydrogen-bond donors (Lipinski definition) is 11. The van der Waals surface area contributed by atoms with Crippen molar-refractivity contribution in [3.63, 3.8) is 0 Å². The van der Waals surface area contributed by atoms with Gasteiger partial charge in [-0.15, -0.1) is 11.8 Å². The lowest BCUT2D eigenvalue weighted by Gasteiger charge is -2.35. The number of aliphatic hydroxyl groups is 1. The molecule has 0 radical (unpaired) electrons. The number of nitrogens with one attached hydrogen (secondary N) is 9. The summed E-state index contributed by atoms with van der Waals surface area (Å²) in [5.41, 5.74) is 5.71. The van der Waals surface area contributed by atoms with Crippen LogP contribution in [0.1, 0.15) is 93.2 Å². The Balaban J connectivity index is 1.08. The number of aromatic hydroxyl groups is 1. The molecule has 0 saturated carbocycles. The van der Waals surface area contributed by atoms with Gasteiger partial charge in [0.25, 0.3) is 0 Å². The maximum Gasteiger partial charge on any atom is 0.407 e. The molecule has 7 atom stereocenters. The molecule has 0 aliphatic carbocycles. The zero-order chi connectivity index (χ0) is 63.2. The van der Waals surface area contributed by atoms with E-state index in [9.17, 15) is 29.4 Å². The third-order valence-corrected chi connectivity index (χ3v) is 17.2. The molecule has 19 heteroatoms. The normalized spacial score (nSPS) is 19.5. The van der Waals surface area contributed by atoms with Gasteiger partial charge in [0.2, 0.25) is 29.5 Å². The molecular weight excluding hydrogens is 1140 g/mol. The van der Waals surface area contributed by atoms with Gasteiger partial charge in [-0.3, -0.25) is 24.0 Å². The third kappa shape index (κ3) is 19.8. The van der Waals surface area contributed by atoms with Crippen LogP contribution in [0.5, 0.6) is 5.75 Å². The van der Waals surface area contributed by atoms with E-state index in [2.05, 4.69) is 83.9 Å². The quantitative estimate of drug-likeness (QED) is 0.0233. The Hall–Kier alpha value is -8.49. The molecule has 1 aliphatic heterocycles. The van der Waals surface area contributed by atoms with Gasteiger partial charge in [0.1, 0.15) is 35.5 Å². The predicted octanol–water partition coefficient (Wildman–Crippen LogP) is 7.47. The minimum Gasteiger partial charge on any atom is -0.508 e. The summed E-state index contributed by atoms with van der Waals surface area (Å²) in [6, 6.07) is 47.8.